The number of esters is 1. The Morgan fingerprint density at radius 1 is 0.950 bits per heavy atom. The van der Waals surface area contributed by atoms with E-state index in [1.165, 1.54) is 43.5 Å². The van der Waals surface area contributed by atoms with E-state index in [9.17, 15) is 21.6 Å². The van der Waals surface area contributed by atoms with Gasteiger partial charge in [0, 0.05) is 17.5 Å². The summed E-state index contributed by atoms with van der Waals surface area (Å²) < 4.78 is 64.0. The summed E-state index contributed by atoms with van der Waals surface area (Å²) in [5.41, 5.74) is 4.85. The van der Waals surface area contributed by atoms with Crippen LogP contribution in [0.4, 0.5) is 0 Å². The van der Waals surface area contributed by atoms with Crippen LogP contribution in [0.5, 0.6) is 0 Å². The van der Waals surface area contributed by atoms with E-state index in [0.29, 0.717) is 37.1 Å². The second-order valence-electron chi connectivity index (χ2n) is 9.77. The van der Waals surface area contributed by atoms with Crippen molar-refractivity contribution in [3.05, 3.63) is 93.5 Å². The minimum atomic E-state index is -3.90. The molecule has 1 aliphatic rings. The van der Waals surface area contributed by atoms with Crippen LogP contribution in [-0.4, -0.2) is 42.6 Å². The van der Waals surface area contributed by atoms with Crippen molar-refractivity contribution < 1.29 is 30.6 Å². The standard InChI is InChI=1S/C29H32ClNO7S2/c1-20-3-10-26(11-4-20)40(35,36)38-18-17-21-5-6-22-19-24(9-14-28(22)27(21)15-16-29(32)37-2)31-39(33,34)25-12-7-23(30)8-13-25/h3-8,10-13,24,31H,9,14-19H2,1-2H3. The largest absolute Gasteiger partial charge is 0.469 e. The van der Waals surface area contributed by atoms with E-state index < -0.39 is 20.1 Å². The molecule has 0 aromatic heterocycles. The van der Waals surface area contributed by atoms with E-state index in [2.05, 4.69) is 4.72 Å². The Balaban J connectivity index is 1.50. The predicted octanol–water partition coefficient (Wildman–Crippen LogP) is 4.54. The lowest BCUT2D eigenvalue weighted by Gasteiger charge is -2.28. The first-order valence-electron chi connectivity index (χ1n) is 12.9. The third-order valence-electron chi connectivity index (χ3n) is 7.01. The van der Waals surface area contributed by atoms with Crippen LogP contribution in [-0.2, 0) is 59.5 Å². The van der Waals surface area contributed by atoms with E-state index in [0.717, 1.165) is 27.8 Å². The Labute approximate surface area is 240 Å². The fourth-order valence-electron chi connectivity index (χ4n) is 4.89. The molecule has 40 heavy (non-hydrogen) atoms. The predicted molar refractivity (Wildman–Crippen MR) is 152 cm³/mol. The van der Waals surface area contributed by atoms with E-state index in [4.69, 9.17) is 20.5 Å². The van der Waals surface area contributed by atoms with Crippen LogP contribution >= 0.6 is 11.6 Å². The second-order valence-corrected chi connectivity index (χ2v) is 13.5. The number of hydrogen-bond acceptors (Lipinski definition) is 7. The summed E-state index contributed by atoms with van der Waals surface area (Å²) >= 11 is 5.90. The first kappa shape index (κ1) is 30.2. The molecule has 8 nitrogen and oxygen atoms in total. The van der Waals surface area contributed by atoms with E-state index >= 15 is 0 Å². The molecule has 214 valence electrons. The lowest BCUT2D eigenvalue weighted by atomic mass is 9.82. The lowest BCUT2D eigenvalue weighted by Crippen LogP contribution is -2.39. The number of ether oxygens (including phenoxy) is 1. The topological polar surface area (TPSA) is 116 Å². The van der Waals surface area contributed by atoms with Gasteiger partial charge in [0.1, 0.15) is 0 Å². The molecule has 0 spiro atoms. The molecule has 1 N–H and O–H groups in total. The smallest absolute Gasteiger partial charge is 0.305 e. The van der Waals surface area contributed by atoms with Gasteiger partial charge >= 0.3 is 5.97 Å². The molecule has 1 atom stereocenters. The number of rotatable bonds is 11. The first-order chi connectivity index (χ1) is 19.0. The summed E-state index contributed by atoms with van der Waals surface area (Å²) in [6, 6.07) is 16.0. The summed E-state index contributed by atoms with van der Waals surface area (Å²) in [5.74, 6) is -0.342. The number of sulfonamides is 1. The SMILES string of the molecule is COC(=O)CCc1c(CCOS(=O)(=O)c2ccc(C)cc2)ccc2c1CCC(NS(=O)(=O)c1ccc(Cl)cc1)C2. The number of hydrogen-bond donors (Lipinski definition) is 1. The van der Waals surface area contributed by atoms with Crippen molar-refractivity contribution in [2.45, 2.75) is 61.3 Å². The van der Waals surface area contributed by atoms with Gasteiger partial charge in [0.25, 0.3) is 10.1 Å². The Morgan fingerprint density at radius 3 is 2.30 bits per heavy atom. The van der Waals surface area contributed by atoms with Crippen molar-refractivity contribution in [1.82, 2.24) is 4.72 Å². The lowest BCUT2D eigenvalue weighted by molar-refractivity contribution is -0.140. The maximum atomic E-state index is 12.9. The van der Waals surface area contributed by atoms with Gasteiger partial charge in [-0.15, -0.1) is 0 Å². The maximum Gasteiger partial charge on any atom is 0.305 e. The van der Waals surface area contributed by atoms with Crippen molar-refractivity contribution in [3.63, 3.8) is 0 Å². The number of methoxy groups -OCH3 is 1. The number of carbonyl (C=O) groups is 1. The van der Waals surface area contributed by atoms with Gasteiger partial charge in [-0.2, -0.15) is 8.42 Å². The third-order valence-corrected chi connectivity index (χ3v) is 10.1. The molecule has 0 radical (unpaired) electrons. The summed E-state index contributed by atoms with van der Waals surface area (Å²) in [6.07, 6.45) is 2.61. The van der Waals surface area contributed by atoms with Crippen LogP contribution in [0.2, 0.25) is 5.02 Å². The monoisotopic (exact) mass is 605 g/mol. The van der Waals surface area contributed by atoms with Gasteiger partial charge in [-0.05, 0) is 97.7 Å². The van der Waals surface area contributed by atoms with Gasteiger partial charge in [0.05, 0.1) is 23.5 Å². The summed E-state index contributed by atoms with van der Waals surface area (Å²) in [5, 5.41) is 0.457. The Bertz CT molecular complexity index is 1570. The van der Waals surface area contributed by atoms with Crippen molar-refractivity contribution in [3.8, 4) is 0 Å². The first-order valence-corrected chi connectivity index (χ1v) is 16.2. The van der Waals surface area contributed by atoms with Crippen LogP contribution in [0.3, 0.4) is 0 Å². The molecule has 0 heterocycles. The van der Waals surface area contributed by atoms with Crippen molar-refractivity contribution in [1.29, 1.82) is 0 Å². The molecular formula is C29H32ClNO7S2. The summed E-state index contributed by atoms with van der Waals surface area (Å²) in [4.78, 5) is 12.2. The number of benzene rings is 3. The zero-order valence-electron chi connectivity index (χ0n) is 22.4. The van der Waals surface area contributed by atoms with Crippen molar-refractivity contribution in [2.75, 3.05) is 13.7 Å². The molecule has 0 amide bonds. The Morgan fingerprint density at radius 2 is 1.62 bits per heavy atom. The molecule has 3 aromatic carbocycles. The van der Waals surface area contributed by atoms with Gasteiger partial charge in [0.15, 0.2) is 0 Å². The molecule has 0 fully saturated rings. The normalized spacial score (nSPS) is 15.4. The molecule has 0 aliphatic heterocycles. The minimum absolute atomic E-state index is 0.0518. The number of fused-ring (bicyclic) bond motifs is 1. The quantitative estimate of drug-likeness (QED) is 0.252. The fourth-order valence-corrected chi connectivity index (χ4v) is 7.19. The van der Waals surface area contributed by atoms with Crippen LogP contribution in [0.15, 0.2) is 70.5 Å². The number of halogens is 1. The van der Waals surface area contributed by atoms with Crippen LogP contribution in [0.25, 0.3) is 0 Å². The number of carbonyl (C=O) groups excluding carboxylic acids is 1. The number of aryl methyl sites for hydroxylation is 1. The molecule has 4 rings (SSSR count). The highest BCUT2D eigenvalue weighted by molar-refractivity contribution is 7.89. The van der Waals surface area contributed by atoms with Crippen molar-refractivity contribution in [2.24, 2.45) is 0 Å². The Kier molecular flexibility index (Phi) is 9.68. The van der Waals surface area contributed by atoms with Crippen LogP contribution in [0.1, 0.15) is 40.7 Å². The summed E-state index contributed by atoms with van der Waals surface area (Å²) in [7, 11) is -6.28. The van der Waals surface area contributed by atoms with Crippen molar-refractivity contribution >= 4 is 37.7 Å². The minimum Gasteiger partial charge on any atom is -0.469 e. The van der Waals surface area contributed by atoms with Gasteiger partial charge in [-0.25, -0.2) is 13.1 Å². The molecule has 11 heteroatoms. The average Bonchev–Trinajstić information content (AvgIpc) is 2.92. The molecular weight excluding hydrogens is 574 g/mol. The van der Waals surface area contributed by atoms with Crippen LogP contribution < -0.4 is 4.72 Å². The van der Waals surface area contributed by atoms with Gasteiger partial charge < -0.3 is 4.74 Å². The van der Waals surface area contributed by atoms with Gasteiger partial charge in [-0.1, -0.05) is 41.4 Å². The van der Waals surface area contributed by atoms with E-state index in [1.807, 2.05) is 19.1 Å². The highest BCUT2D eigenvalue weighted by atomic mass is 35.5. The van der Waals surface area contributed by atoms with Crippen LogP contribution in [0, 0.1) is 6.92 Å². The highest BCUT2D eigenvalue weighted by Gasteiger charge is 2.27. The average molecular weight is 606 g/mol. The molecule has 1 aliphatic carbocycles. The molecule has 3 aromatic rings. The highest BCUT2D eigenvalue weighted by Crippen LogP contribution is 2.30. The third kappa shape index (κ3) is 7.50. The molecule has 0 bridgehead atoms. The molecule has 0 saturated carbocycles. The summed E-state index contributed by atoms with van der Waals surface area (Å²) in [6.45, 7) is 1.82. The second kappa shape index (κ2) is 12.8. The zero-order chi connectivity index (χ0) is 28.9. The fraction of sp³-hybridized carbons (Fsp3) is 0.345. The van der Waals surface area contributed by atoms with Gasteiger partial charge in [0.2, 0.25) is 10.0 Å². The molecule has 0 saturated heterocycles. The maximum absolute atomic E-state index is 12.9. The van der Waals surface area contributed by atoms with E-state index in [-0.39, 0.29) is 34.8 Å². The zero-order valence-corrected chi connectivity index (χ0v) is 24.7. The Hall–Kier alpha value is -2.76. The molecule has 1 unspecified atom stereocenters. The van der Waals surface area contributed by atoms with Gasteiger partial charge in [-0.3, -0.25) is 8.98 Å². The van der Waals surface area contributed by atoms with E-state index in [1.54, 1.807) is 12.1 Å². The number of nitrogens with one attached hydrogen (secondary N) is 1.